The van der Waals surface area contributed by atoms with E-state index in [1.54, 1.807) is 0 Å². The van der Waals surface area contributed by atoms with Crippen LogP contribution in [0.15, 0.2) is 30.3 Å². The first-order valence-electron chi connectivity index (χ1n) is 5.36. The Balaban J connectivity index is 2.14. The smallest absolute Gasteiger partial charge is 0.337 e. The molecule has 4 heteroatoms. The molecule has 2 rings (SSSR count). The molecule has 16 heavy (non-hydrogen) atoms. The second kappa shape index (κ2) is 4.03. The SMILES string of the molecule is COC(=O)[C@H]1O[C@@H]1[Si](C)(C)c1ccccc1. The van der Waals surface area contributed by atoms with Crippen LogP contribution in [0.4, 0.5) is 0 Å². The standard InChI is InChI=1S/C12H16O3Si/c1-14-11(13)10-12(15-10)16(2,3)9-7-5-4-6-8-9/h4-8,10,12H,1-3H3/t10-,12-/m1/s1. The summed E-state index contributed by atoms with van der Waals surface area (Å²) in [5.74, 6) is -0.249. The lowest BCUT2D eigenvalue weighted by molar-refractivity contribution is -0.142. The second-order valence-electron chi connectivity index (χ2n) is 4.59. The van der Waals surface area contributed by atoms with Crippen LogP contribution in [0.5, 0.6) is 0 Å². The van der Waals surface area contributed by atoms with Gasteiger partial charge in [-0.1, -0.05) is 48.6 Å². The van der Waals surface area contributed by atoms with E-state index in [1.165, 1.54) is 12.3 Å². The molecule has 1 aromatic rings. The van der Waals surface area contributed by atoms with Crippen molar-refractivity contribution in [2.45, 2.75) is 24.9 Å². The van der Waals surface area contributed by atoms with Crippen LogP contribution in [0.2, 0.25) is 13.1 Å². The second-order valence-corrected chi connectivity index (χ2v) is 9.18. The van der Waals surface area contributed by atoms with Gasteiger partial charge in [-0.2, -0.15) is 0 Å². The van der Waals surface area contributed by atoms with Gasteiger partial charge in [0, 0.05) is 0 Å². The topological polar surface area (TPSA) is 38.8 Å². The maximum atomic E-state index is 11.3. The van der Waals surface area contributed by atoms with Crippen LogP contribution < -0.4 is 5.19 Å². The van der Waals surface area contributed by atoms with Crippen molar-refractivity contribution in [1.82, 2.24) is 0 Å². The molecule has 0 radical (unpaired) electrons. The van der Waals surface area contributed by atoms with Crippen LogP contribution in [0.25, 0.3) is 0 Å². The molecule has 1 heterocycles. The molecule has 2 atom stereocenters. The van der Waals surface area contributed by atoms with Crippen molar-refractivity contribution in [3.63, 3.8) is 0 Å². The number of methoxy groups -OCH3 is 1. The van der Waals surface area contributed by atoms with Crippen LogP contribution in [0.1, 0.15) is 0 Å². The van der Waals surface area contributed by atoms with E-state index in [0.717, 1.165) is 0 Å². The molecule has 1 aliphatic rings. The molecule has 1 fully saturated rings. The first kappa shape index (κ1) is 11.4. The molecule has 0 amide bonds. The average Bonchev–Trinajstić information content (AvgIpc) is 3.10. The molecule has 0 bridgehead atoms. The van der Waals surface area contributed by atoms with Gasteiger partial charge in [-0.15, -0.1) is 0 Å². The van der Waals surface area contributed by atoms with Gasteiger partial charge in [0.1, 0.15) is 8.07 Å². The normalized spacial score (nSPS) is 23.9. The van der Waals surface area contributed by atoms with E-state index in [0.29, 0.717) is 0 Å². The van der Waals surface area contributed by atoms with Crippen molar-refractivity contribution in [3.8, 4) is 0 Å². The third-order valence-corrected chi connectivity index (χ3v) is 6.84. The largest absolute Gasteiger partial charge is 0.467 e. The first-order chi connectivity index (χ1) is 7.57. The zero-order chi connectivity index (χ0) is 11.8. The van der Waals surface area contributed by atoms with Crippen molar-refractivity contribution >= 4 is 19.2 Å². The van der Waals surface area contributed by atoms with Crippen molar-refractivity contribution in [2.75, 3.05) is 7.11 Å². The Bertz CT molecular complexity index is 389. The molecule has 86 valence electrons. The van der Waals surface area contributed by atoms with E-state index < -0.39 is 8.07 Å². The number of carbonyl (C=O) groups is 1. The lowest BCUT2D eigenvalue weighted by atomic mass is 10.4. The molecular weight excluding hydrogens is 220 g/mol. The third kappa shape index (κ3) is 1.90. The summed E-state index contributed by atoms with van der Waals surface area (Å²) in [5.41, 5.74) is 0.0577. The van der Waals surface area contributed by atoms with Gasteiger partial charge in [0.15, 0.2) is 6.10 Å². The van der Waals surface area contributed by atoms with Crippen molar-refractivity contribution in [3.05, 3.63) is 30.3 Å². The molecule has 1 saturated heterocycles. The Labute approximate surface area is 96.4 Å². The predicted molar refractivity (Wildman–Crippen MR) is 64.2 cm³/mol. The van der Waals surface area contributed by atoms with E-state index in [-0.39, 0.29) is 17.8 Å². The lowest BCUT2D eigenvalue weighted by Crippen LogP contribution is -2.48. The fourth-order valence-electron chi connectivity index (χ4n) is 1.99. The third-order valence-electron chi connectivity index (χ3n) is 3.15. The Kier molecular flexibility index (Phi) is 2.86. The fraction of sp³-hybridized carbons (Fsp3) is 0.417. The first-order valence-corrected chi connectivity index (χ1v) is 8.44. The van der Waals surface area contributed by atoms with Crippen molar-refractivity contribution < 1.29 is 14.3 Å². The number of epoxide rings is 1. The molecule has 0 aliphatic carbocycles. The molecule has 0 N–H and O–H groups in total. The van der Waals surface area contributed by atoms with Crippen LogP contribution in [0, 0.1) is 0 Å². The Hall–Kier alpha value is -1.13. The Morgan fingerprint density at radius 2 is 1.94 bits per heavy atom. The summed E-state index contributed by atoms with van der Waals surface area (Å²) >= 11 is 0. The fourth-order valence-corrected chi connectivity index (χ4v) is 4.75. The summed E-state index contributed by atoms with van der Waals surface area (Å²) in [7, 11) is -0.310. The highest BCUT2D eigenvalue weighted by Gasteiger charge is 2.56. The minimum Gasteiger partial charge on any atom is -0.467 e. The van der Waals surface area contributed by atoms with Gasteiger partial charge in [0.05, 0.1) is 12.8 Å². The van der Waals surface area contributed by atoms with Gasteiger partial charge in [-0.3, -0.25) is 0 Å². The predicted octanol–water partition coefficient (Wildman–Crippen LogP) is 1.08. The van der Waals surface area contributed by atoms with E-state index in [9.17, 15) is 4.79 Å². The summed E-state index contributed by atoms with van der Waals surface area (Å²) in [5, 5.41) is 1.31. The van der Waals surface area contributed by atoms with Gasteiger partial charge in [0.25, 0.3) is 0 Å². The van der Waals surface area contributed by atoms with E-state index in [1.807, 2.05) is 18.2 Å². The quantitative estimate of drug-likeness (QED) is 0.448. The average molecular weight is 236 g/mol. The van der Waals surface area contributed by atoms with Gasteiger partial charge in [0.2, 0.25) is 0 Å². The zero-order valence-electron chi connectivity index (χ0n) is 9.77. The Morgan fingerprint density at radius 1 is 1.31 bits per heavy atom. The minimum absolute atomic E-state index is 0.0577. The molecule has 1 aliphatic heterocycles. The zero-order valence-corrected chi connectivity index (χ0v) is 10.8. The molecule has 0 aromatic heterocycles. The van der Waals surface area contributed by atoms with Crippen LogP contribution in [-0.2, 0) is 14.3 Å². The van der Waals surface area contributed by atoms with E-state index >= 15 is 0 Å². The van der Waals surface area contributed by atoms with Gasteiger partial charge < -0.3 is 9.47 Å². The number of esters is 1. The number of ether oxygens (including phenoxy) is 2. The molecule has 3 nitrogen and oxygen atoms in total. The van der Waals surface area contributed by atoms with Crippen molar-refractivity contribution in [2.24, 2.45) is 0 Å². The molecule has 0 spiro atoms. The van der Waals surface area contributed by atoms with Gasteiger partial charge in [-0.05, 0) is 0 Å². The summed E-state index contributed by atoms with van der Waals surface area (Å²) in [6, 6.07) is 10.3. The summed E-state index contributed by atoms with van der Waals surface area (Å²) in [6.07, 6.45) is -0.341. The number of hydrogen-bond acceptors (Lipinski definition) is 3. The maximum Gasteiger partial charge on any atom is 0.337 e. The van der Waals surface area contributed by atoms with Crippen LogP contribution >= 0.6 is 0 Å². The lowest BCUT2D eigenvalue weighted by Gasteiger charge is -2.20. The molecule has 0 unspecified atom stereocenters. The highest BCUT2D eigenvalue weighted by molar-refractivity contribution is 6.91. The highest BCUT2D eigenvalue weighted by Crippen LogP contribution is 2.31. The highest BCUT2D eigenvalue weighted by atomic mass is 28.3. The number of carbonyl (C=O) groups excluding carboxylic acids is 1. The summed E-state index contributed by atoms with van der Waals surface area (Å²) < 4.78 is 10.2. The van der Waals surface area contributed by atoms with E-state index in [2.05, 4.69) is 25.2 Å². The number of rotatable bonds is 3. The van der Waals surface area contributed by atoms with Crippen LogP contribution in [-0.4, -0.2) is 33.0 Å². The van der Waals surface area contributed by atoms with Crippen molar-refractivity contribution in [1.29, 1.82) is 0 Å². The Morgan fingerprint density at radius 3 is 2.50 bits per heavy atom. The monoisotopic (exact) mass is 236 g/mol. The van der Waals surface area contributed by atoms with E-state index in [4.69, 9.17) is 9.47 Å². The summed E-state index contributed by atoms with van der Waals surface area (Å²) in [6.45, 7) is 4.44. The van der Waals surface area contributed by atoms with Gasteiger partial charge >= 0.3 is 5.97 Å². The maximum absolute atomic E-state index is 11.3. The van der Waals surface area contributed by atoms with Gasteiger partial charge in [-0.25, -0.2) is 4.79 Å². The minimum atomic E-state index is -1.71. The molecular formula is C12H16O3Si. The summed E-state index contributed by atoms with van der Waals surface area (Å²) in [4.78, 5) is 11.3. The molecule has 1 aromatic carbocycles. The molecule has 0 saturated carbocycles. The number of benzene rings is 1. The number of hydrogen-bond donors (Lipinski definition) is 0. The van der Waals surface area contributed by atoms with Crippen LogP contribution in [0.3, 0.4) is 0 Å².